The lowest BCUT2D eigenvalue weighted by molar-refractivity contribution is 0.479. The molecule has 13 aromatic rings. The van der Waals surface area contributed by atoms with E-state index in [1.807, 2.05) is 0 Å². The second kappa shape index (κ2) is 13.4. The molecule has 6 heteroatoms. The summed E-state index contributed by atoms with van der Waals surface area (Å²) in [7, 11) is 0. The largest absolute Gasteiger partial charge is 0.551 e. The number of benzene rings is 10. The van der Waals surface area contributed by atoms with Gasteiger partial charge in [-0.25, -0.2) is 0 Å². The molecule has 66 heavy (non-hydrogen) atoms. The summed E-state index contributed by atoms with van der Waals surface area (Å²) in [6.07, 6.45) is 0. The van der Waals surface area contributed by atoms with Gasteiger partial charge >= 0.3 is 6.92 Å². The third kappa shape index (κ3) is 4.85. The van der Waals surface area contributed by atoms with Crippen molar-refractivity contribution < 1.29 is 9.39 Å². The molecule has 306 valence electrons. The van der Waals surface area contributed by atoms with Crippen molar-refractivity contribution in [1.29, 1.82) is 0 Å². The van der Waals surface area contributed by atoms with Crippen molar-refractivity contribution >= 4 is 83.3 Å². The van der Waals surface area contributed by atoms with Crippen LogP contribution >= 0.6 is 0 Å². The van der Waals surface area contributed by atoms with Crippen LogP contribution in [0.4, 0.5) is 0 Å². The highest BCUT2D eigenvalue weighted by Gasteiger charge is 2.41. The standard InChI is InChI=1S/C60H36BN3O2/c1-8-24-49(63-51-26-10-2-17-40(51)41-18-3-11-27-52(41)63)39(16-1)37-32-33-48-57(34-37)65-58-36-38(35-47-45-22-7-14-31-56(45)66-61(48)59(47)58)62-50-25-9-6-21-44(50)46-23-15-30-55(60(46)62)64-53-28-12-4-19-42(53)43-20-5-13-29-54(43)64/h1-36H. The molecule has 0 saturated carbocycles. The fourth-order valence-electron chi connectivity index (χ4n) is 11.4. The highest BCUT2D eigenvalue weighted by molar-refractivity contribution is 6.84. The fourth-order valence-corrected chi connectivity index (χ4v) is 11.4. The smallest absolute Gasteiger partial charge is 0.434 e. The Labute approximate surface area is 379 Å². The molecule has 0 radical (unpaired) electrons. The van der Waals surface area contributed by atoms with Gasteiger partial charge in [0, 0.05) is 60.4 Å². The second-order valence-electron chi connectivity index (χ2n) is 17.5. The summed E-state index contributed by atoms with van der Waals surface area (Å²) >= 11 is 0. The zero-order valence-electron chi connectivity index (χ0n) is 35.5. The predicted molar refractivity (Wildman–Crippen MR) is 272 cm³/mol. The van der Waals surface area contributed by atoms with Crippen molar-refractivity contribution in [3.63, 3.8) is 0 Å². The number of hydrogen-bond donors (Lipinski definition) is 0. The van der Waals surface area contributed by atoms with E-state index < -0.39 is 0 Å². The Kier molecular flexibility index (Phi) is 7.24. The molecule has 0 spiro atoms. The molecule has 5 heterocycles. The van der Waals surface area contributed by atoms with Gasteiger partial charge in [-0.2, -0.15) is 0 Å². The lowest BCUT2D eigenvalue weighted by Gasteiger charge is -2.33. The van der Waals surface area contributed by atoms with Gasteiger partial charge in [0.1, 0.15) is 17.2 Å². The van der Waals surface area contributed by atoms with Crippen LogP contribution in [0, 0.1) is 0 Å². The molecule has 10 aromatic carbocycles. The first-order valence-corrected chi connectivity index (χ1v) is 22.6. The Morgan fingerprint density at radius 1 is 0.333 bits per heavy atom. The number of rotatable bonds is 4. The molecular formula is C60H36BN3O2. The maximum atomic E-state index is 7.25. The predicted octanol–water partition coefficient (Wildman–Crippen LogP) is 13.9. The Morgan fingerprint density at radius 3 is 1.48 bits per heavy atom. The van der Waals surface area contributed by atoms with Crippen molar-refractivity contribution in [1.82, 2.24) is 13.7 Å². The summed E-state index contributed by atoms with van der Waals surface area (Å²) in [6, 6.07) is 78.7. The quantitative estimate of drug-likeness (QED) is 0.165. The maximum absolute atomic E-state index is 7.25. The maximum Gasteiger partial charge on any atom is 0.434 e. The molecule has 0 bridgehead atoms. The number of nitrogens with zero attached hydrogens (tertiary/aromatic N) is 3. The molecule has 0 amide bonds. The van der Waals surface area contributed by atoms with Crippen LogP contribution in [0.1, 0.15) is 0 Å². The number of ether oxygens (including phenoxy) is 1. The highest BCUT2D eigenvalue weighted by atomic mass is 16.5. The first kappa shape index (κ1) is 35.7. The van der Waals surface area contributed by atoms with Gasteiger partial charge in [0.15, 0.2) is 0 Å². The molecule has 15 rings (SSSR count). The van der Waals surface area contributed by atoms with E-state index in [0.717, 1.165) is 78.5 Å². The Hall–Kier alpha value is -8.74. The number of aromatic nitrogens is 3. The Morgan fingerprint density at radius 2 is 0.833 bits per heavy atom. The summed E-state index contributed by atoms with van der Waals surface area (Å²) < 4.78 is 21.6. The fraction of sp³-hybridized carbons (Fsp3) is 0. The van der Waals surface area contributed by atoms with E-state index in [0.29, 0.717) is 0 Å². The van der Waals surface area contributed by atoms with Gasteiger partial charge in [0.05, 0.1) is 50.2 Å². The molecule has 0 aliphatic carbocycles. The third-order valence-electron chi connectivity index (χ3n) is 14.1. The lowest BCUT2D eigenvalue weighted by Crippen LogP contribution is -2.53. The van der Waals surface area contributed by atoms with Crippen molar-refractivity contribution in [3.05, 3.63) is 218 Å². The number of hydrogen-bond acceptors (Lipinski definition) is 2. The number of para-hydroxylation sites is 8. The average Bonchev–Trinajstić information content (AvgIpc) is 4.02. The average molecular weight is 842 g/mol. The van der Waals surface area contributed by atoms with Crippen LogP contribution in [-0.2, 0) is 0 Å². The van der Waals surface area contributed by atoms with E-state index in [-0.39, 0.29) is 6.92 Å². The lowest BCUT2D eigenvalue weighted by atomic mass is 9.50. The first-order valence-electron chi connectivity index (χ1n) is 22.6. The topological polar surface area (TPSA) is 33.2 Å². The molecule has 0 unspecified atom stereocenters. The van der Waals surface area contributed by atoms with E-state index in [4.69, 9.17) is 9.39 Å². The van der Waals surface area contributed by atoms with E-state index >= 15 is 0 Å². The normalized spacial score (nSPS) is 12.8. The molecule has 0 fully saturated rings. The van der Waals surface area contributed by atoms with E-state index in [9.17, 15) is 0 Å². The second-order valence-corrected chi connectivity index (χ2v) is 17.5. The summed E-state index contributed by atoms with van der Waals surface area (Å²) in [6.45, 7) is -0.351. The van der Waals surface area contributed by atoms with Gasteiger partial charge in [-0.3, -0.25) is 0 Å². The van der Waals surface area contributed by atoms with Crippen molar-refractivity contribution in [3.8, 4) is 56.6 Å². The molecule has 2 aliphatic rings. The van der Waals surface area contributed by atoms with Gasteiger partial charge in [-0.15, -0.1) is 0 Å². The van der Waals surface area contributed by atoms with E-state index in [2.05, 4.69) is 232 Å². The number of fused-ring (bicyclic) bond motifs is 13. The monoisotopic (exact) mass is 841 g/mol. The minimum Gasteiger partial charge on any atom is -0.551 e. The molecular weight excluding hydrogens is 805 g/mol. The minimum absolute atomic E-state index is 0.351. The zero-order chi connectivity index (χ0) is 43.0. The minimum atomic E-state index is -0.351. The van der Waals surface area contributed by atoms with Crippen LogP contribution in [0.2, 0.25) is 0 Å². The molecule has 0 atom stereocenters. The van der Waals surface area contributed by atoms with Gasteiger partial charge < -0.3 is 23.1 Å². The van der Waals surface area contributed by atoms with Crippen molar-refractivity contribution in [2.24, 2.45) is 0 Å². The van der Waals surface area contributed by atoms with E-state index in [1.54, 1.807) is 0 Å². The first-order chi connectivity index (χ1) is 32.8. The van der Waals surface area contributed by atoms with E-state index in [1.165, 1.54) is 54.4 Å². The SMILES string of the molecule is c1ccc2c(c1)OB1c3ccc(-c4ccccc4-n4c5ccccc5c5ccccc54)cc3Oc3cc(-n4c5ccccc5c5cccc(-n6c7ccccc7c7ccccc76)c54)cc-2c31. The van der Waals surface area contributed by atoms with Crippen LogP contribution in [-0.4, -0.2) is 20.6 Å². The highest BCUT2D eigenvalue weighted by Crippen LogP contribution is 2.45. The Balaban J connectivity index is 0.959. The summed E-state index contributed by atoms with van der Waals surface area (Å²) in [5.41, 5.74) is 16.6. The summed E-state index contributed by atoms with van der Waals surface area (Å²) in [4.78, 5) is 0. The van der Waals surface area contributed by atoms with Crippen molar-refractivity contribution in [2.75, 3.05) is 0 Å². The van der Waals surface area contributed by atoms with Crippen LogP contribution in [0.5, 0.6) is 17.2 Å². The van der Waals surface area contributed by atoms with Crippen LogP contribution < -0.4 is 20.3 Å². The van der Waals surface area contributed by atoms with Gasteiger partial charge in [-0.05, 0) is 71.8 Å². The molecule has 5 nitrogen and oxygen atoms in total. The van der Waals surface area contributed by atoms with Gasteiger partial charge in [0.2, 0.25) is 0 Å². The summed E-state index contributed by atoms with van der Waals surface area (Å²) in [5, 5.41) is 7.33. The molecule has 0 saturated heterocycles. The zero-order valence-corrected chi connectivity index (χ0v) is 35.5. The molecule has 0 N–H and O–H groups in total. The van der Waals surface area contributed by atoms with Crippen LogP contribution in [0.25, 0.3) is 105 Å². The molecule has 3 aromatic heterocycles. The van der Waals surface area contributed by atoms with Crippen molar-refractivity contribution in [2.45, 2.75) is 0 Å². The Bertz CT molecular complexity index is 4100. The van der Waals surface area contributed by atoms with Crippen LogP contribution in [0.15, 0.2) is 218 Å². The molecule has 2 aliphatic heterocycles. The van der Waals surface area contributed by atoms with Gasteiger partial charge in [0.25, 0.3) is 0 Å². The van der Waals surface area contributed by atoms with Gasteiger partial charge in [-0.1, -0.05) is 152 Å². The third-order valence-corrected chi connectivity index (χ3v) is 14.1. The summed E-state index contributed by atoms with van der Waals surface area (Å²) in [5.74, 6) is 2.44. The van der Waals surface area contributed by atoms with Crippen LogP contribution in [0.3, 0.4) is 0 Å².